The molecule has 3 nitrogen and oxygen atoms in total. The summed E-state index contributed by atoms with van der Waals surface area (Å²) in [5, 5.41) is 0. The first-order valence-corrected chi connectivity index (χ1v) is 5.26. The van der Waals surface area contributed by atoms with Gasteiger partial charge in [0.15, 0.2) is 0 Å². The fraction of sp³-hybridized carbons (Fsp3) is 0.636. The van der Waals surface area contributed by atoms with E-state index < -0.39 is 0 Å². The molecular formula is C11H18N2O. The van der Waals surface area contributed by atoms with Crippen LogP contribution in [0, 0.1) is 0 Å². The maximum absolute atomic E-state index is 5.46. The highest BCUT2D eigenvalue weighted by atomic mass is 16.5. The summed E-state index contributed by atoms with van der Waals surface area (Å²) in [6.07, 6.45) is 10.1. The minimum atomic E-state index is 0.583. The number of rotatable bonds is 7. The molecule has 0 aliphatic carbocycles. The molecule has 0 radical (unpaired) electrons. The van der Waals surface area contributed by atoms with Crippen LogP contribution in [0.15, 0.2) is 18.6 Å². The molecule has 1 heterocycles. The van der Waals surface area contributed by atoms with Crippen molar-refractivity contribution in [2.24, 2.45) is 0 Å². The Kier molecular flexibility index (Phi) is 5.91. The SMILES string of the molecule is CCCCCCOCc1cnccn1. The van der Waals surface area contributed by atoms with Crippen LogP contribution in [-0.4, -0.2) is 16.6 Å². The first-order chi connectivity index (χ1) is 6.93. The van der Waals surface area contributed by atoms with Crippen molar-refractivity contribution in [1.29, 1.82) is 0 Å². The summed E-state index contributed by atoms with van der Waals surface area (Å²) in [5.74, 6) is 0. The standard InChI is InChI=1S/C11H18N2O/c1-2-3-4-5-8-14-10-11-9-12-6-7-13-11/h6-7,9H,2-5,8,10H2,1H3. The van der Waals surface area contributed by atoms with Crippen molar-refractivity contribution in [3.05, 3.63) is 24.3 Å². The van der Waals surface area contributed by atoms with Crippen LogP contribution in [0.25, 0.3) is 0 Å². The minimum Gasteiger partial charge on any atom is -0.375 e. The number of unbranched alkanes of at least 4 members (excludes halogenated alkanes) is 3. The van der Waals surface area contributed by atoms with Crippen LogP contribution >= 0.6 is 0 Å². The Morgan fingerprint density at radius 2 is 2.14 bits per heavy atom. The maximum Gasteiger partial charge on any atom is 0.0903 e. The molecule has 0 saturated heterocycles. The largest absolute Gasteiger partial charge is 0.375 e. The predicted octanol–water partition coefficient (Wildman–Crippen LogP) is 2.57. The Morgan fingerprint density at radius 3 is 2.86 bits per heavy atom. The van der Waals surface area contributed by atoms with Crippen LogP contribution in [0.3, 0.4) is 0 Å². The smallest absolute Gasteiger partial charge is 0.0903 e. The molecule has 0 aliphatic heterocycles. The lowest BCUT2D eigenvalue weighted by molar-refractivity contribution is 0.114. The van der Waals surface area contributed by atoms with Crippen LogP contribution in [0.4, 0.5) is 0 Å². The number of aromatic nitrogens is 2. The zero-order valence-corrected chi connectivity index (χ0v) is 8.78. The summed E-state index contributed by atoms with van der Waals surface area (Å²) in [4.78, 5) is 8.10. The summed E-state index contributed by atoms with van der Waals surface area (Å²) >= 11 is 0. The Balaban J connectivity index is 1.99. The fourth-order valence-corrected chi connectivity index (χ4v) is 1.21. The van der Waals surface area contributed by atoms with Gasteiger partial charge in [-0.25, -0.2) is 0 Å². The van der Waals surface area contributed by atoms with E-state index in [9.17, 15) is 0 Å². The van der Waals surface area contributed by atoms with Crippen molar-refractivity contribution in [3.63, 3.8) is 0 Å². The van der Waals surface area contributed by atoms with Gasteiger partial charge in [-0.05, 0) is 6.42 Å². The Morgan fingerprint density at radius 1 is 1.21 bits per heavy atom. The first-order valence-electron chi connectivity index (χ1n) is 5.26. The molecule has 0 amide bonds. The predicted molar refractivity (Wildman–Crippen MR) is 55.8 cm³/mol. The van der Waals surface area contributed by atoms with E-state index in [2.05, 4.69) is 16.9 Å². The number of ether oxygens (including phenoxy) is 1. The molecule has 0 bridgehead atoms. The molecule has 78 valence electrons. The molecule has 0 N–H and O–H groups in total. The zero-order chi connectivity index (χ0) is 10.1. The van der Waals surface area contributed by atoms with Gasteiger partial charge in [-0.15, -0.1) is 0 Å². The molecule has 1 aromatic rings. The molecule has 0 unspecified atom stereocenters. The lowest BCUT2D eigenvalue weighted by atomic mass is 10.2. The van der Waals surface area contributed by atoms with Gasteiger partial charge in [-0.1, -0.05) is 26.2 Å². The highest BCUT2D eigenvalue weighted by Crippen LogP contribution is 2.00. The third-order valence-corrected chi connectivity index (χ3v) is 2.01. The van der Waals surface area contributed by atoms with Crippen molar-refractivity contribution in [2.75, 3.05) is 6.61 Å². The average Bonchev–Trinajstić information content (AvgIpc) is 2.25. The van der Waals surface area contributed by atoms with Gasteiger partial charge < -0.3 is 4.74 Å². The van der Waals surface area contributed by atoms with Gasteiger partial charge >= 0.3 is 0 Å². The van der Waals surface area contributed by atoms with Gasteiger partial charge in [0.1, 0.15) is 0 Å². The Hall–Kier alpha value is -0.960. The maximum atomic E-state index is 5.46. The van der Waals surface area contributed by atoms with Gasteiger partial charge in [-0.3, -0.25) is 9.97 Å². The van der Waals surface area contributed by atoms with E-state index in [0.717, 1.165) is 18.7 Å². The van der Waals surface area contributed by atoms with Crippen molar-refractivity contribution in [3.8, 4) is 0 Å². The molecule has 3 heteroatoms. The van der Waals surface area contributed by atoms with Gasteiger partial charge in [0, 0.05) is 19.0 Å². The number of nitrogens with zero attached hydrogens (tertiary/aromatic N) is 2. The molecule has 1 aromatic heterocycles. The van der Waals surface area contributed by atoms with Gasteiger partial charge in [-0.2, -0.15) is 0 Å². The van der Waals surface area contributed by atoms with Gasteiger partial charge in [0.25, 0.3) is 0 Å². The fourth-order valence-electron chi connectivity index (χ4n) is 1.21. The third-order valence-electron chi connectivity index (χ3n) is 2.01. The highest BCUT2D eigenvalue weighted by Gasteiger charge is 1.93. The lowest BCUT2D eigenvalue weighted by Crippen LogP contribution is -1.97. The zero-order valence-electron chi connectivity index (χ0n) is 8.78. The van der Waals surface area contributed by atoms with Gasteiger partial charge in [0.05, 0.1) is 18.5 Å². The average molecular weight is 194 g/mol. The van der Waals surface area contributed by atoms with Crippen LogP contribution in [0.2, 0.25) is 0 Å². The third kappa shape index (κ3) is 4.92. The van der Waals surface area contributed by atoms with Crippen molar-refractivity contribution in [1.82, 2.24) is 9.97 Å². The Labute approximate surface area is 85.5 Å². The summed E-state index contributed by atoms with van der Waals surface area (Å²) in [6.45, 7) is 3.62. The molecule has 0 atom stereocenters. The molecule has 1 rings (SSSR count). The number of hydrogen-bond donors (Lipinski definition) is 0. The summed E-state index contributed by atoms with van der Waals surface area (Å²) in [7, 11) is 0. The van der Waals surface area contributed by atoms with Crippen molar-refractivity contribution < 1.29 is 4.74 Å². The van der Waals surface area contributed by atoms with E-state index in [-0.39, 0.29) is 0 Å². The molecular weight excluding hydrogens is 176 g/mol. The van der Waals surface area contributed by atoms with E-state index in [1.807, 2.05) is 0 Å². The summed E-state index contributed by atoms with van der Waals surface area (Å²) in [5.41, 5.74) is 0.906. The molecule has 0 aromatic carbocycles. The second-order valence-corrected chi connectivity index (χ2v) is 3.31. The van der Waals surface area contributed by atoms with E-state index in [1.165, 1.54) is 19.3 Å². The van der Waals surface area contributed by atoms with Crippen LogP contribution in [0.1, 0.15) is 38.3 Å². The van der Waals surface area contributed by atoms with Crippen molar-refractivity contribution >= 4 is 0 Å². The normalized spacial score (nSPS) is 10.4. The van der Waals surface area contributed by atoms with E-state index in [0.29, 0.717) is 6.61 Å². The van der Waals surface area contributed by atoms with Gasteiger partial charge in [0.2, 0.25) is 0 Å². The highest BCUT2D eigenvalue weighted by molar-refractivity contribution is 4.91. The second kappa shape index (κ2) is 7.44. The van der Waals surface area contributed by atoms with E-state index in [4.69, 9.17) is 4.74 Å². The van der Waals surface area contributed by atoms with E-state index >= 15 is 0 Å². The minimum absolute atomic E-state index is 0.583. The summed E-state index contributed by atoms with van der Waals surface area (Å²) < 4.78 is 5.46. The molecule has 0 spiro atoms. The Bertz CT molecular complexity index is 226. The quantitative estimate of drug-likeness (QED) is 0.626. The van der Waals surface area contributed by atoms with Crippen molar-refractivity contribution in [2.45, 2.75) is 39.2 Å². The first kappa shape index (κ1) is 11.1. The summed E-state index contributed by atoms with van der Waals surface area (Å²) in [6, 6.07) is 0. The second-order valence-electron chi connectivity index (χ2n) is 3.31. The van der Waals surface area contributed by atoms with E-state index in [1.54, 1.807) is 18.6 Å². The van der Waals surface area contributed by atoms with Crippen LogP contribution in [0.5, 0.6) is 0 Å². The number of hydrogen-bond acceptors (Lipinski definition) is 3. The monoisotopic (exact) mass is 194 g/mol. The molecule has 0 fully saturated rings. The molecule has 14 heavy (non-hydrogen) atoms. The van der Waals surface area contributed by atoms with Crippen LogP contribution in [-0.2, 0) is 11.3 Å². The topological polar surface area (TPSA) is 35.0 Å². The van der Waals surface area contributed by atoms with Crippen LogP contribution < -0.4 is 0 Å². The molecule has 0 saturated carbocycles. The lowest BCUT2D eigenvalue weighted by Gasteiger charge is -2.02. The molecule has 0 aliphatic rings.